The summed E-state index contributed by atoms with van der Waals surface area (Å²) < 4.78 is 0. The van der Waals surface area contributed by atoms with Crippen LogP contribution >= 0.6 is 0 Å². The van der Waals surface area contributed by atoms with Gasteiger partial charge in [-0.2, -0.15) is 0 Å². The van der Waals surface area contributed by atoms with Crippen molar-refractivity contribution in [2.75, 3.05) is 0 Å². The van der Waals surface area contributed by atoms with Crippen LogP contribution in [0.3, 0.4) is 0 Å². The molecule has 0 aromatic rings. The number of rotatable bonds is 1. The maximum absolute atomic E-state index is 12.1. The molecule has 1 fully saturated rings. The van der Waals surface area contributed by atoms with Crippen molar-refractivity contribution >= 4 is 11.6 Å². The zero-order valence-corrected chi connectivity index (χ0v) is 14.7. The van der Waals surface area contributed by atoms with E-state index in [1.807, 2.05) is 6.08 Å². The van der Waals surface area contributed by atoms with Crippen LogP contribution in [-0.2, 0) is 9.59 Å². The van der Waals surface area contributed by atoms with Gasteiger partial charge in [0.05, 0.1) is 0 Å². The smallest absolute Gasteiger partial charge is 0.155 e. The molecule has 0 heterocycles. The molecule has 4 rings (SSSR count). The van der Waals surface area contributed by atoms with Crippen molar-refractivity contribution in [3.05, 3.63) is 22.8 Å². The van der Waals surface area contributed by atoms with Gasteiger partial charge in [-0.05, 0) is 69.3 Å². The Morgan fingerprint density at radius 3 is 2.61 bits per heavy atom. The summed E-state index contributed by atoms with van der Waals surface area (Å²) in [6, 6.07) is 0. The lowest BCUT2D eigenvalue weighted by molar-refractivity contribution is -0.124. The largest absolute Gasteiger partial charge is 0.300 e. The summed E-state index contributed by atoms with van der Waals surface area (Å²) in [6.45, 7) is 6.54. The summed E-state index contributed by atoms with van der Waals surface area (Å²) in [6.07, 6.45) is 10.4. The van der Waals surface area contributed by atoms with E-state index in [1.54, 1.807) is 18.1 Å². The number of fused-ring (bicyclic) bond motifs is 4. The number of ketones is 2. The van der Waals surface area contributed by atoms with Gasteiger partial charge in [-0.15, -0.1) is 0 Å². The Morgan fingerprint density at radius 1 is 1.09 bits per heavy atom. The zero-order valence-electron chi connectivity index (χ0n) is 14.7. The normalized spacial score (nSPS) is 42.7. The van der Waals surface area contributed by atoms with Crippen LogP contribution in [0, 0.1) is 22.7 Å². The van der Waals surface area contributed by atoms with Crippen LogP contribution < -0.4 is 0 Å². The molecule has 0 bridgehead atoms. The van der Waals surface area contributed by atoms with E-state index in [9.17, 15) is 9.59 Å². The highest BCUT2D eigenvalue weighted by molar-refractivity contribution is 5.92. The highest BCUT2D eigenvalue weighted by Crippen LogP contribution is 2.63. The molecule has 0 spiro atoms. The van der Waals surface area contributed by atoms with Crippen molar-refractivity contribution in [2.45, 2.75) is 72.1 Å². The maximum Gasteiger partial charge on any atom is 0.155 e. The third-order valence-electron chi connectivity index (χ3n) is 7.79. The Kier molecular flexibility index (Phi) is 3.28. The van der Waals surface area contributed by atoms with Gasteiger partial charge in [0.15, 0.2) is 5.78 Å². The van der Waals surface area contributed by atoms with Gasteiger partial charge in [0.1, 0.15) is 5.78 Å². The summed E-state index contributed by atoms with van der Waals surface area (Å²) in [7, 11) is 0. The zero-order chi connectivity index (χ0) is 16.4. The van der Waals surface area contributed by atoms with E-state index in [4.69, 9.17) is 0 Å². The number of carbonyl (C=O) groups excluding carboxylic acids is 2. The minimum atomic E-state index is 0.136. The molecular weight excluding hydrogens is 284 g/mol. The lowest BCUT2D eigenvalue weighted by Gasteiger charge is -2.51. The highest BCUT2D eigenvalue weighted by atomic mass is 16.1. The van der Waals surface area contributed by atoms with Gasteiger partial charge in [0, 0.05) is 17.8 Å². The number of hydrogen-bond donors (Lipinski definition) is 0. The molecular formula is C21H28O2. The van der Waals surface area contributed by atoms with Crippen LogP contribution in [0.5, 0.6) is 0 Å². The van der Waals surface area contributed by atoms with E-state index in [1.165, 1.54) is 12.0 Å². The molecule has 0 unspecified atom stereocenters. The average Bonchev–Trinajstić information content (AvgIpc) is 2.85. The Balaban J connectivity index is 1.77. The van der Waals surface area contributed by atoms with Crippen LogP contribution in [-0.4, -0.2) is 11.6 Å². The number of carbonyl (C=O) groups is 2. The topological polar surface area (TPSA) is 34.1 Å². The first-order valence-corrected chi connectivity index (χ1v) is 9.33. The molecule has 23 heavy (non-hydrogen) atoms. The second kappa shape index (κ2) is 4.91. The molecule has 2 nitrogen and oxygen atoms in total. The molecule has 0 aromatic carbocycles. The molecule has 4 aliphatic carbocycles. The fourth-order valence-corrected chi connectivity index (χ4v) is 6.47. The van der Waals surface area contributed by atoms with E-state index < -0.39 is 0 Å². The van der Waals surface area contributed by atoms with Crippen LogP contribution in [0.25, 0.3) is 0 Å². The summed E-state index contributed by atoms with van der Waals surface area (Å²) in [4.78, 5) is 24.0. The Hall–Kier alpha value is -1.18. The molecule has 124 valence electrons. The quantitative estimate of drug-likeness (QED) is 0.652. The van der Waals surface area contributed by atoms with Crippen molar-refractivity contribution < 1.29 is 9.59 Å². The van der Waals surface area contributed by atoms with Gasteiger partial charge in [0.25, 0.3) is 0 Å². The minimum absolute atomic E-state index is 0.136. The molecule has 0 aliphatic heterocycles. The molecule has 0 N–H and O–H groups in total. The van der Waals surface area contributed by atoms with Crippen LogP contribution in [0.4, 0.5) is 0 Å². The SMILES string of the molecule is CC(=O)[C@H]1CC[C@H]2C3=C(CC[C@]12C)[C@@]1(C)CCC(=O)C=C1CC3. The van der Waals surface area contributed by atoms with Crippen LogP contribution in [0.2, 0.25) is 0 Å². The van der Waals surface area contributed by atoms with E-state index in [2.05, 4.69) is 13.8 Å². The lowest BCUT2D eigenvalue weighted by atomic mass is 9.53. The third-order valence-corrected chi connectivity index (χ3v) is 7.79. The van der Waals surface area contributed by atoms with Crippen molar-refractivity contribution in [1.82, 2.24) is 0 Å². The van der Waals surface area contributed by atoms with Gasteiger partial charge in [-0.25, -0.2) is 0 Å². The molecule has 0 amide bonds. The average molecular weight is 312 g/mol. The highest BCUT2D eigenvalue weighted by Gasteiger charge is 2.54. The van der Waals surface area contributed by atoms with E-state index >= 15 is 0 Å². The van der Waals surface area contributed by atoms with E-state index in [-0.39, 0.29) is 16.7 Å². The predicted octanol–water partition coefficient (Wildman–Crippen LogP) is 4.79. The van der Waals surface area contributed by atoms with E-state index in [0.29, 0.717) is 23.9 Å². The fraction of sp³-hybridized carbons (Fsp3) is 0.714. The second-order valence-corrected chi connectivity index (χ2v) is 8.77. The summed E-state index contributed by atoms with van der Waals surface area (Å²) in [5.74, 6) is 1.58. The fourth-order valence-electron chi connectivity index (χ4n) is 6.47. The van der Waals surface area contributed by atoms with Gasteiger partial charge < -0.3 is 0 Å². The van der Waals surface area contributed by atoms with Crippen molar-refractivity contribution in [3.63, 3.8) is 0 Å². The van der Waals surface area contributed by atoms with Gasteiger partial charge in [-0.3, -0.25) is 9.59 Å². The lowest BCUT2D eigenvalue weighted by Crippen LogP contribution is -2.41. The van der Waals surface area contributed by atoms with Gasteiger partial charge in [0.2, 0.25) is 0 Å². The minimum Gasteiger partial charge on any atom is -0.300 e. The number of allylic oxidation sites excluding steroid dienone is 4. The number of Topliss-reactive ketones (excluding diaryl/α,β-unsaturated/α-hetero) is 1. The Morgan fingerprint density at radius 2 is 1.87 bits per heavy atom. The van der Waals surface area contributed by atoms with Crippen molar-refractivity contribution in [2.24, 2.45) is 22.7 Å². The molecule has 2 heteroatoms. The summed E-state index contributed by atoms with van der Waals surface area (Å²) in [5.41, 5.74) is 5.03. The van der Waals surface area contributed by atoms with Crippen LogP contribution in [0.1, 0.15) is 72.1 Å². The molecule has 0 aromatic heterocycles. The molecule has 4 atom stereocenters. The first kappa shape index (κ1) is 15.4. The first-order valence-electron chi connectivity index (χ1n) is 9.33. The van der Waals surface area contributed by atoms with Gasteiger partial charge >= 0.3 is 0 Å². The monoisotopic (exact) mass is 312 g/mol. The Labute approximate surface area is 139 Å². The number of hydrogen-bond acceptors (Lipinski definition) is 2. The molecule has 0 radical (unpaired) electrons. The van der Waals surface area contributed by atoms with E-state index in [0.717, 1.165) is 38.5 Å². The second-order valence-electron chi connectivity index (χ2n) is 8.77. The molecule has 1 saturated carbocycles. The first-order chi connectivity index (χ1) is 10.9. The summed E-state index contributed by atoms with van der Waals surface area (Å²) >= 11 is 0. The van der Waals surface area contributed by atoms with Gasteiger partial charge in [-0.1, -0.05) is 30.6 Å². The third kappa shape index (κ3) is 1.99. The maximum atomic E-state index is 12.1. The molecule has 4 aliphatic rings. The Bertz CT molecular complexity index is 653. The molecule has 0 saturated heterocycles. The predicted molar refractivity (Wildman–Crippen MR) is 90.9 cm³/mol. The van der Waals surface area contributed by atoms with Crippen LogP contribution in [0.15, 0.2) is 22.8 Å². The summed E-state index contributed by atoms with van der Waals surface area (Å²) in [5, 5.41) is 0. The van der Waals surface area contributed by atoms with Crippen molar-refractivity contribution in [1.29, 1.82) is 0 Å². The standard InChI is InChI=1S/C21H28O2/c1-13(22)17-6-7-18-16-5-4-14-12-15(23)8-10-20(14,2)19(16)9-11-21(17,18)3/h12,17-18H,4-11H2,1-3H3/t17-,18+,20+,21-/m1/s1. The van der Waals surface area contributed by atoms with Crippen molar-refractivity contribution in [3.8, 4) is 0 Å².